The van der Waals surface area contributed by atoms with Crippen molar-refractivity contribution in [1.82, 2.24) is 9.79 Å². The highest BCUT2D eigenvalue weighted by Crippen LogP contribution is 2.35. The quantitative estimate of drug-likeness (QED) is 0.826. The second kappa shape index (κ2) is 5.50. The molecule has 2 unspecified atom stereocenters. The molecule has 1 aliphatic heterocycles. The lowest BCUT2D eigenvalue weighted by Crippen LogP contribution is -2.39. The zero-order valence-corrected chi connectivity index (χ0v) is 11.7. The maximum Gasteiger partial charge on any atom is 0.219 e. The molecule has 0 bridgehead atoms. The molecule has 18 heavy (non-hydrogen) atoms. The van der Waals surface area contributed by atoms with Crippen LogP contribution in [0.5, 0.6) is 0 Å². The first-order valence-electron chi connectivity index (χ1n) is 5.55. The molecular weight excluding hydrogens is 272 g/mol. The maximum atomic E-state index is 12.2. The van der Waals surface area contributed by atoms with E-state index in [0.717, 1.165) is 4.88 Å². The minimum atomic E-state index is -3.41. The van der Waals surface area contributed by atoms with Gasteiger partial charge in [-0.2, -0.15) is 5.06 Å². The molecule has 5 nitrogen and oxygen atoms in total. The fourth-order valence-electron chi connectivity index (χ4n) is 1.96. The van der Waals surface area contributed by atoms with Gasteiger partial charge in [0.1, 0.15) is 5.25 Å². The van der Waals surface area contributed by atoms with E-state index in [9.17, 15) is 8.42 Å². The molecule has 7 heteroatoms. The van der Waals surface area contributed by atoms with Gasteiger partial charge in [0, 0.05) is 18.5 Å². The lowest BCUT2D eigenvalue weighted by Gasteiger charge is -2.21. The van der Waals surface area contributed by atoms with Crippen molar-refractivity contribution in [3.8, 4) is 0 Å². The molecule has 2 heterocycles. The molecule has 100 valence electrons. The van der Waals surface area contributed by atoms with Gasteiger partial charge in [0.2, 0.25) is 10.0 Å². The monoisotopic (exact) mass is 288 g/mol. The molecule has 0 saturated carbocycles. The average molecular weight is 288 g/mol. The minimum Gasteiger partial charge on any atom is -0.297 e. The third kappa shape index (κ3) is 2.65. The average Bonchev–Trinajstić information content (AvgIpc) is 2.94. The normalized spacial score (nSPS) is 25.4. The molecule has 0 spiro atoms. The molecule has 1 aromatic heterocycles. The number of sulfonamides is 1. The maximum absolute atomic E-state index is 12.2. The Morgan fingerprint density at radius 2 is 2.50 bits per heavy atom. The first-order chi connectivity index (χ1) is 8.56. The number of hydrogen-bond donors (Lipinski definition) is 1. The van der Waals surface area contributed by atoms with E-state index in [0.29, 0.717) is 0 Å². The van der Waals surface area contributed by atoms with Crippen LogP contribution >= 0.6 is 11.3 Å². The summed E-state index contributed by atoms with van der Waals surface area (Å²) in [6.45, 7) is 3.92. The SMILES string of the molecule is C=CCNS(=O)(=O)C1CON(C)C1c1cccs1. The van der Waals surface area contributed by atoms with Gasteiger partial charge in [-0.05, 0) is 11.4 Å². The highest BCUT2D eigenvalue weighted by Gasteiger charge is 2.43. The second-order valence-corrected chi connectivity index (χ2v) is 6.99. The predicted molar refractivity (Wildman–Crippen MR) is 71.7 cm³/mol. The van der Waals surface area contributed by atoms with Crippen LogP contribution < -0.4 is 4.72 Å². The molecule has 2 atom stereocenters. The van der Waals surface area contributed by atoms with Crippen LogP contribution in [0.1, 0.15) is 10.9 Å². The fraction of sp³-hybridized carbons (Fsp3) is 0.455. The summed E-state index contributed by atoms with van der Waals surface area (Å²) >= 11 is 1.53. The van der Waals surface area contributed by atoms with Crippen molar-refractivity contribution in [1.29, 1.82) is 0 Å². The smallest absolute Gasteiger partial charge is 0.219 e. The molecule has 0 amide bonds. The summed E-state index contributed by atoms with van der Waals surface area (Å²) in [6, 6.07) is 3.58. The van der Waals surface area contributed by atoms with Crippen LogP contribution in [0.3, 0.4) is 0 Å². The van der Waals surface area contributed by atoms with E-state index in [-0.39, 0.29) is 19.2 Å². The molecule has 1 aliphatic rings. The van der Waals surface area contributed by atoms with E-state index in [1.54, 1.807) is 12.1 Å². The second-order valence-electron chi connectivity index (χ2n) is 4.02. The van der Waals surface area contributed by atoms with Crippen molar-refractivity contribution < 1.29 is 13.3 Å². The van der Waals surface area contributed by atoms with Crippen molar-refractivity contribution in [2.45, 2.75) is 11.3 Å². The largest absolute Gasteiger partial charge is 0.297 e. The third-order valence-corrected chi connectivity index (χ3v) is 5.55. The number of hydrogen-bond acceptors (Lipinski definition) is 5. The lowest BCUT2D eigenvalue weighted by atomic mass is 10.2. The molecule has 0 aliphatic carbocycles. The Morgan fingerprint density at radius 3 is 3.11 bits per heavy atom. The fourth-order valence-corrected chi connectivity index (χ4v) is 4.43. The van der Waals surface area contributed by atoms with Gasteiger partial charge in [-0.15, -0.1) is 17.9 Å². The number of thiophene rings is 1. The number of hydroxylamine groups is 2. The Hall–Kier alpha value is -0.730. The molecular formula is C11H16N2O3S2. The Kier molecular flexibility index (Phi) is 4.18. The van der Waals surface area contributed by atoms with Gasteiger partial charge < -0.3 is 0 Å². The summed E-state index contributed by atoms with van der Waals surface area (Å²) in [5.41, 5.74) is 0. The van der Waals surface area contributed by atoms with Gasteiger partial charge in [-0.3, -0.25) is 4.84 Å². The minimum absolute atomic E-state index is 0.172. The molecule has 0 radical (unpaired) electrons. The summed E-state index contributed by atoms with van der Waals surface area (Å²) in [5, 5.41) is 2.95. The predicted octanol–water partition coefficient (Wildman–Crippen LogP) is 1.14. The van der Waals surface area contributed by atoms with E-state index in [1.807, 2.05) is 17.5 Å². The van der Waals surface area contributed by atoms with Crippen LogP contribution in [0, 0.1) is 0 Å². The molecule has 1 N–H and O–H groups in total. The van der Waals surface area contributed by atoms with Crippen LogP contribution in [0.25, 0.3) is 0 Å². The third-order valence-electron chi connectivity index (χ3n) is 2.85. The first kappa shape index (κ1) is 13.7. The Bertz CT molecular complexity index is 498. The summed E-state index contributed by atoms with van der Waals surface area (Å²) in [4.78, 5) is 6.35. The zero-order chi connectivity index (χ0) is 13.2. The molecule has 0 aromatic carbocycles. The molecule has 2 rings (SSSR count). The highest BCUT2D eigenvalue weighted by atomic mass is 32.2. The molecule has 1 saturated heterocycles. The number of nitrogens with zero attached hydrogens (tertiary/aromatic N) is 1. The van der Waals surface area contributed by atoms with E-state index in [4.69, 9.17) is 4.84 Å². The van der Waals surface area contributed by atoms with Gasteiger partial charge in [0.25, 0.3) is 0 Å². The van der Waals surface area contributed by atoms with Crippen molar-refractivity contribution >= 4 is 21.4 Å². The molecule has 1 aromatic rings. The van der Waals surface area contributed by atoms with Gasteiger partial charge in [0.15, 0.2) is 0 Å². The van der Waals surface area contributed by atoms with E-state index >= 15 is 0 Å². The van der Waals surface area contributed by atoms with Crippen LogP contribution in [0.15, 0.2) is 30.2 Å². The van der Waals surface area contributed by atoms with E-state index < -0.39 is 15.3 Å². The summed E-state index contributed by atoms with van der Waals surface area (Å²) in [6.07, 6.45) is 1.53. The zero-order valence-electron chi connectivity index (χ0n) is 10.1. The highest BCUT2D eigenvalue weighted by molar-refractivity contribution is 7.90. The van der Waals surface area contributed by atoms with Crippen LogP contribution in [0.4, 0.5) is 0 Å². The Morgan fingerprint density at radius 1 is 1.72 bits per heavy atom. The van der Waals surface area contributed by atoms with Gasteiger partial charge in [-0.25, -0.2) is 13.1 Å². The Balaban J connectivity index is 2.24. The summed E-state index contributed by atoms with van der Waals surface area (Å²) < 4.78 is 26.9. The topological polar surface area (TPSA) is 58.6 Å². The lowest BCUT2D eigenvalue weighted by molar-refractivity contribution is -0.110. The standard InChI is InChI=1S/C11H16N2O3S2/c1-3-6-12-18(14,15)10-8-16-13(2)11(10)9-5-4-7-17-9/h3-5,7,10-12H,1,6,8H2,2H3. The van der Waals surface area contributed by atoms with Gasteiger partial charge in [0.05, 0.1) is 12.6 Å². The Labute approximate surface area is 111 Å². The van der Waals surface area contributed by atoms with E-state index in [2.05, 4.69) is 11.3 Å². The van der Waals surface area contributed by atoms with Crippen molar-refractivity contribution in [2.24, 2.45) is 0 Å². The van der Waals surface area contributed by atoms with Crippen molar-refractivity contribution in [3.63, 3.8) is 0 Å². The van der Waals surface area contributed by atoms with E-state index in [1.165, 1.54) is 17.4 Å². The summed E-state index contributed by atoms with van der Waals surface area (Å²) in [7, 11) is -1.65. The number of rotatable bonds is 5. The van der Waals surface area contributed by atoms with Crippen LogP contribution in [-0.4, -0.2) is 38.9 Å². The first-order valence-corrected chi connectivity index (χ1v) is 7.97. The molecule has 1 fully saturated rings. The van der Waals surface area contributed by atoms with Crippen LogP contribution in [0.2, 0.25) is 0 Å². The van der Waals surface area contributed by atoms with Gasteiger partial charge in [-0.1, -0.05) is 12.1 Å². The number of nitrogens with one attached hydrogen (secondary N) is 1. The van der Waals surface area contributed by atoms with Gasteiger partial charge >= 0.3 is 0 Å². The van der Waals surface area contributed by atoms with Crippen LogP contribution in [-0.2, 0) is 14.9 Å². The van der Waals surface area contributed by atoms with Crippen molar-refractivity contribution in [3.05, 3.63) is 35.0 Å². The summed E-state index contributed by atoms with van der Waals surface area (Å²) in [5.74, 6) is 0. The van der Waals surface area contributed by atoms with Crippen molar-refractivity contribution in [2.75, 3.05) is 20.2 Å².